The van der Waals surface area contributed by atoms with Crippen LogP contribution in [0, 0.1) is 6.92 Å². The number of nitrogens with one attached hydrogen (secondary N) is 1. The zero-order valence-electron chi connectivity index (χ0n) is 9.29. The third-order valence-corrected chi connectivity index (χ3v) is 2.31. The van der Waals surface area contributed by atoms with Gasteiger partial charge in [-0.3, -0.25) is 4.79 Å². The van der Waals surface area contributed by atoms with Gasteiger partial charge in [-0.1, -0.05) is 31.0 Å². The van der Waals surface area contributed by atoms with Gasteiger partial charge in [0.1, 0.15) is 6.04 Å². The molecule has 0 aromatic heterocycles. The molecule has 0 heterocycles. The molecule has 0 saturated carbocycles. The van der Waals surface area contributed by atoms with Crippen molar-refractivity contribution in [1.29, 1.82) is 0 Å². The molecule has 3 nitrogen and oxygen atoms in total. The summed E-state index contributed by atoms with van der Waals surface area (Å²) in [6, 6.07) is 7.67. The first-order valence-corrected chi connectivity index (χ1v) is 5.26. The predicted octanol–water partition coefficient (Wildman–Crippen LogP) is 2.06. The number of carbonyl (C=O) groups is 1. The number of carbonyl (C=O) groups excluding carboxylic acids is 1. The number of aryl methyl sites for hydroxylation is 1. The van der Waals surface area contributed by atoms with Crippen molar-refractivity contribution in [3.8, 4) is 0 Å². The molecule has 0 bridgehead atoms. The molecule has 3 heteroatoms. The van der Waals surface area contributed by atoms with Crippen molar-refractivity contribution in [1.82, 2.24) is 0 Å². The highest BCUT2D eigenvalue weighted by molar-refractivity contribution is 5.82. The zero-order chi connectivity index (χ0) is 11.3. The molecule has 1 amide bonds. The van der Waals surface area contributed by atoms with Crippen LogP contribution in [0.4, 0.5) is 5.69 Å². The lowest BCUT2D eigenvalue weighted by atomic mass is 10.1. The van der Waals surface area contributed by atoms with Gasteiger partial charge in [0, 0.05) is 5.69 Å². The molecule has 1 atom stereocenters. The Kier molecular flexibility index (Phi) is 4.16. The molecule has 82 valence electrons. The summed E-state index contributed by atoms with van der Waals surface area (Å²) in [6.45, 7) is 4.06. The van der Waals surface area contributed by atoms with Crippen molar-refractivity contribution in [3.63, 3.8) is 0 Å². The largest absolute Gasteiger partial charge is 0.374 e. The van der Waals surface area contributed by atoms with E-state index in [-0.39, 0.29) is 11.9 Å². The van der Waals surface area contributed by atoms with Crippen molar-refractivity contribution >= 4 is 11.6 Å². The number of benzene rings is 1. The first-order valence-electron chi connectivity index (χ1n) is 5.26. The summed E-state index contributed by atoms with van der Waals surface area (Å²) in [6.07, 6.45) is 1.70. The second-order valence-corrected chi connectivity index (χ2v) is 3.75. The fourth-order valence-electron chi connectivity index (χ4n) is 1.43. The standard InChI is InChI=1S/C12H18N2O/c1-3-4-11(12(13)15)14-10-7-5-9(2)6-8-10/h5-8,11,14H,3-4H2,1-2H3,(H2,13,15). The van der Waals surface area contributed by atoms with Crippen LogP contribution in [0.2, 0.25) is 0 Å². The molecule has 15 heavy (non-hydrogen) atoms. The van der Waals surface area contributed by atoms with E-state index in [4.69, 9.17) is 5.73 Å². The van der Waals surface area contributed by atoms with Crippen molar-refractivity contribution in [3.05, 3.63) is 29.8 Å². The molecule has 1 aromatic rings. The molecular weight excluding hydrogens is 188 g/mol. The summed E-state index contributed by atoms with van der Waals surface area (Å²) in [5, 5.41) is 3.13. The quantitative estimate of drug-likeness (QED) is 0.774. The maximum atomic E-state index is 11.1. The topological polar surface area (TPSA) is 55.1 Å². The van der Waals surface area contributed by atoms with Crippen molar-refractivity contribution < 1.29 is 4.79 Å². The molecular formula is C12H18N2O. The number of hydrogen-bond acceptors (Lipinski definition) is 2. The summed E-state index contributed by atoms with van der Waals surface area (Å²) in [5.74, 6) is -0.294. The maximum absolute atomic E-state index is 11.1. The van der Waals surface area contributed by atoms with E-state index < -0.39 is 0 Å². The van der Waals surface area contributed by atoms with Crippen LogP contribution in [0.25, 0.3) is 0 Å². The summed E-state index contributed by atoms with van der Waals surface area (Å²) < 4.78 is 0. The average molecular weight is 206 g/mol. The van der Waals surface area contributed by atoms with Gasteiger partial charge in [0.2, 0.25) is 5.91 Å². The lowest BCUT2D eigenvalue weighted by Gasteiger charge is -2.15. The van der Waals surface area contributed by atoms with Crippen molar-refractivity contribution in [2.45, 2.75) is 32.7 Å². The Morgan fingerprint density at radius 3 is 2.47 bits per heavy atom. The Morgan fingerprint density at radius 1 is 1.40 bits per heavy atom. The normalized spacial score (nSPS) is 12.1. The predicted molar refractivity (Wildman–Crippen MR) is 62.7 cm³/mol. The van der Waals surface area contributed by atoms with Gasteiger partial charge in [-0.25, -0.2) is 0 Å². The highest BCUT2D eigenvalue weighted by Crippen LogP contribution is 2.11. The first-order chi connectivity index (χ1) is 7.13. The van der Waals surface area contributed by atoms with Gasteiger partial charge >= 0.3 is 0 Å². The van der Waals surface area contributed by atoms with E-state index >= 15 is 0 Å². The number of nitrogens with two attached hydrogens (primary N) is 1. The van der Waals surface area contributed by atoms with E-state index in [1.54, 1.807) is 0 Å². The summed E-state index contributed by atoms with van der Waals surface area (Å²) in [4.78, 5) is 11.1. The SMILES string of the molecule is CCCC(Nc1ccc(C)cc1)C(N)=O. The van der Waals surface area contributed by atoms with Crippen molar-refractivity contribution in [2.75, 3.05) is 5.32 Å². The number of rotatable bonds is 5. The Hall–Kier alpha value is -1.51. The van der Waals surface area contributed by atoms with Gasteiger partial charge in [-0.05, 0) is 25.5 Å². The summed E-state index contributed by atoms with van der Waals surface area (Å²) in [7, 11) is 0. The molecule has 0 saturated heterocycles. The van der Waals surface area contributed by atoms with E-state index in [1.165, 1.54) is 5.56 Å². The summed E-state index contributed by atoms with van der Waals surface area (Å²) >= 11 is 0. The lowest BCUT2D eigenvalue weighted by molar-refractivity contribution is -0.118. The van der Waals surface area contributed by atoms with Gasteiger partial charge < -0.3 is 11.1 Å². The van der Waals surface area contributed by atoms with Crippen LogP contribution in [0.15, 0.2) is 24.3 Å². The smallest absolute Gasteiger partial charge is 0.239 e. The van der Waals surface area contributed by atoms with E-state index in [2.05, 4.69) is 5.32 Å². The van der Waals surface area contributed by atoms with Gasteiger partial charge in [0.15, 0.2) is 0 Å². The third-order valence-electron chi connectivity index (χ3n) is 2.31. The van der Waals surface area contributed by atoms with E-state index in [0.717, 1.165) is 18.5 Å². The number of anilines is 1. The van der Waals surface area contributed by atoms with Gasteiger partial charge in [0.05, 0.1) is 0 Å². The molecule has 0 aliphatic carbocycles. The summed E-state index contributed by atoms with van der Waals surface area (Å²) in [5.41, 5.74) is 7.44. The molecule has 0 fully saturated rings. The minimum atomic E-state index is -0.294. The third kappa shape index (κ3) is 3.62. The Labute approximate surface area is 90.7 Å². The van der Waals surface area contributed by atoms with Crippen molar-refractivity contribution in [2.24, 2.45) is 5.73 Å². The monoisotopic (exact) mass is 206 g/mol. The Morgan fingerprint density at radius 2 is 2.00 bits per heavy atom. The Bertz CT molecular complexity index is 319. The number of hydrogen-bond donors (Lipinski definition) is 2. The van der Waals surface area contributed by atoms with Crippen LogP contribution in [0.3, 0.4) is 0 Å². The van der Waals surface area contributed by atoms with E-state index in [9.17, 15) is 4.79 Å². The Balaban J connectivity index is 2.65. The molecule has 0 spiro atoms. The number of amides is 1. The second kappa shape index (κ2) is 5.39. The molecule has 1 aromatic carbocycles. The van der Waals surface area contributed by atoms with Crippen LogP contribution in [0.1, 0.15) is 25.3 Å². The highest BCUT2D eigenvalue weighted by Gasteiger charge is 2.12. The molecule has 0 aliphatic rings. The maximum Gasteiger partial charge on any atom is 0.239 e. The van der Waals surface area contributed by atoms with Crippen LogP contribution in [0.5, 0.6) is 0 Å². The van der Waals surface area contributed by atoms with E-state index in [1.807, 2.05) is 38.1 Å². The van der Waals surface area contributed by atoms with E-state index in [0.29, 0.717) is 0 Å². The van der Waals surface area contributed by atoms with Crippen LogP contribution in [-0.4, -0.2) is 11.9 Å². The van der Waals surface area contributed by atoms with Gasteiger partial charge in [0.25, 0.3) is 0 Å². The molecule has 0 radical (unpaired) electrons. The average Bonchev–Trinajstić information content (AvgIpc) is 2.20. The fraction of sp³-hybridized carbons (Fsp3) is 0.417. The molecule has 0 aliphatic heterocycles. The highest BCUT2D eigenvalue weighted by atomic mass is 16.1. The molecule has 1 unspecified atom stereocenters. The zero-order valence-corrected chi connectivity index (χ0v) is 9.29. The van der Waals surface area contributed by atoms with Crippen LogP contribution >= 0.6 is 0 Å². The fourth-order valence-corrected chi connectivity index (χ4v) is 1.43. The number of primary amides is 1. The van der Waals surface area contributed by atoms with Crippen LogP contribution < -0.4 is 11.1 Å². The molecule has 1 rings (SSSR count). The first kappa shape index (κ1) is 11.6. The van der Waals surface area contributed by atoms with Gasteiger partial charge in [-0.15, -0.1) is 0 Å². The van der Waals surface area contributed by atoms with Crippen LogP contribution in [-0.2, 0) is 4.79 Å². The minimum absolute atomic E-state index is 0.266. The van der Waals surface area contributed by atoms with Gasteiger partial charge in [-0.2, -0.15) is 0 Å². The second-order valence-electron chi connectivity index (χ2n) is 3.75. The minimum Gasteiger partial charge on any atom is -0.374 e. The lowest BCUT2D eigenvalue weighted by Crippen LogP contribution is -2.35. The molecule has 3 N–H and O–H groups in total.